The predicted octanol–water partition coefficient (Wildman–Crippen LogP) is 8.17. The molecule has 0 aromatic heterocycles. The Morgan fingerprint density at radius 1 is 0.693 bits per heavy atom. The van der Waals surface area contributed by atoms with Crippen molar-refractivity contribution in [2.24, 2.45) is 5.92 Å². The summed E-state index contributed by atoms with van der Waals surface area (Å²) in [6.07, 6.45) is 16.4. The molecule has 17 heteroatoms. The highest BCUT2D eigenvalue weighted by molar-refractivity contribution is 7.85. The molecule has 2 aromatic rings. The van der Waals surface area contributed by atoms with Crippen LogP contribution in [0.15, 0.2) is 88.1 Å². The summed E-state index contributed by atoms with van der Waals surface area (Å²) in [6.45, 7) is 16.4. The number of ether oxygens (including phenoxy) is 4. The number of carbonyl (C=O) groups excluding carboxylic acids is 4. The van der Waals surface area contributed by atoms with Crippen LogP contribution in [-0.2, 0) is 70.3 Å². The normalized spacial score (nSPS) is 21.4. The number of Topliss-reactive ketones (excluding diaryl/α,β-unsaturated/α-hetero) is 1. The van der Waals surface area contributed by atoms with Crippen LogP contribution in [0.5, 0.6) is 0 Å². The lowest BCUT2D eigenvalue weighted by molar-refractivity contribution is -0.538. The number of hydrogen-bond acceptors (Lipinski definition) is 14. The van der Waals surface area contributed by atoms with Crippen molar-refractivity contribution >= 4 is 50.8 Å². The first-order valence-corrected chi connectivity index (χ1v) is 28.3. The number of hydrogen-bond donors (Lipinski definition) is 0. The molecular weight excluding hydrogens is 977 g/mol. The van der Waals surface area contributed by atoms with Crippen LogP contribution in [0.1, 0.15) is 128 Å². The Hall–Kier alpha value is -5.30. The molecule has 75 heavy (non-hydrogen) atoms. The van der Waals surface area contributed by atoms with Gasteiger partial charge in [0.25, 0.3) is 11.8 Å². The van der Waals surface area contributed by atoms with Crippen LogP contribution in [0.25, 0.3) is 0 Å². The molecule has 3 fully saturated rings. The summed E-state index contributed by atoms with van der Waals surface area (Å²) in [4.78, 5) is 58.8. The molecular formula is C58H78N4O12S. The fourth-order valence-corrected chi connectivity index (χ4v) is 11.7. The number of piperidine rings is 1. The second-order valence-corrected chi connectivity index (χ2v) is 22.5. The molecule has 4 heterocycles. The van der Waals surface area contributed by atoms with E-state index in [4.69, 9.17) is 23.8 Å². The maximum absolute atomic E-state index is 13.7. The first-order valence-electron chi connectivity index (χ1n) is 26.9. The third-order valence-electron chi connectivity index (χ3n) is 15.5. The molecule has 7 rings (SSSR count). The average molecular weight is 1060 g/mol. The lowest BCUT2D eigenvalue weighted by Gasteiger charge is -2.27. The summed E-state index contributed by atoms with van der Waals surface area (Å²) in [5.41, 5.74) is 10.2. The Kier molecular flexibility index (Phi) is 19.7. The van der Waals surface area contributed by atoms with Crippen LogP contribution in [0.2, 0.25) is 0 Å². The number of rotatable bonds is 25. The highest BCUT2D eigenvalue weighted by atomic mass is 32.2. The zero-order valence-electron chi connectivity index (χ0n) is 45.2. The first-order chi connectivity index (χ1) is 35.9. The Morgan fingerprint density at radius 2 is 1.21 bits per heavy atom. The van der Waals surface area contributed by atoms with E-state index in [-0.39, 0.29) is 41.3 Å². The van der Waals surface area contributed by atoms with E-state index in [1.807, 2.05) is 0 Å². The molecule has 16 nitrogen and oxygen atoms in total. The number of aryl methyl sites for hydroxylation is 1. The largest absolute Gasteiger partial charge is 0.744 e. The molecule has 5 aliphatic rings. The Bertz CT molecular complexity index is 2690. The van der Waals surface area contributed by atoms with Crippen molar-refractivity contribution in [3.63, 3.8) is 0 Å². The van der Waals surface area contributed by atoms with Crippen molar-refractivity contribution in [1.82, 2.24) is 5.06 Å². The summed E-state index contributed by atoms with van der Waals surface area (Å²) in [5.74, 6) is -1.38. The van der Waals surface area contributed by atoms with E-state index in [2.05, 4.69) is 91.5 Å². The second kappa shape index (κ2) is 25.7. The Labute approximate surface area is 444 Å². The topological polar surface area (TPSA) is 184 Å². The van der Waals surface area contributed by atoms with E-state index in [0.29, 0.717) is 83.7 Å². The Balaban J connectivity index is 1.15. The van der Waals surface area contributed by atoms with Crippen molar-refractivity contribution in [1.29, 1.82) is 0 Å². The molecule has 408 valence electrons. The molecule has 1 saturated carbocycles. The van der Waals surface area contributed by atoms with Gasteiger partial charge in [-0.1, -0.05) is 71.7 Å². The highest BCUT2D eigenvalue weighted by Crippen LogP contribution is 2.50. The standard InChI is InChI=1S/C58H78N4O12S/c1-8-41-15-21-48-46(39-41)57(2,3)51(60(48)31-33-72-37-35-70-6)23-18-43-16-17-44(19-24-52-58(4,5)47-40-45(75(67,68)69)20-22-49(47)61(52)32-34-73-38-36-71-7)56(43)59-29-27-42(28-30-59)50(63)13-11-9-10-12-14-55(66)74-62-53(64)25-26-54(62)65/h15,18-24,39-40,42H,8-14,16-17,25-38H2,1-7H3. The van der Waals surface area contributed by atoms with Gasteiger partial charge in [0.15, 0.2) is 0 Å². The van der Waals surface area contributed by atoms with Crippen molar-refractivity contribution < 1.29 is 60.5 Å². The molecule has 0 radical (unpaired) electrons. The van der Waals surface area contributed by atoms with Crippen LogP contribution in [0, 0.1) is 5.92 Å². The van der Waals surface area contributed by atoms with Crippen LogP contribution in [0.4, 0.5) is 11.4 Å². The fourth-order valence-electron chi connectivity index (χ4n) is 11.2. The van der Waals surface area contributed by atoms with Gasteiger partial charge in [-0.15, -0.1) is 5.06 Å². The van der Waals surface area contributed by atoms with Crippen LogP contribution in [0.3, 0.4) is 0 Å². The van der Waals surface area contributed by atoms with Crippen molar-refractivity contribution in [2.75, 3.05) is 89.8 Å². The summed E-state index contributed by atoms with van der Waals surface area (Å²) in [5, 5.41) is 0.580. The van der Waals surface area contributed by atoms with Gasteiger partial charge in [-0.05, 0) is 85.2 Å². The van der Waals surface area contributed by atoms with E-state index >= 15 is 0 Å². The maximum atomic E-state index is 13.7. The van der Waals surface area contributed by atoms with Crippen LogP contribution < -0.4 is 9.80 Å². The SMILES string of the molecule is CCc1ccc2c(c1)C(C)(C)C(=CC=C1CCC(=CC=C3N(CCOCCOC)c4ccc(S(=O)(=O)[O-])cc4C3(C)C)C1=[N+]1CCC(C(=O)CCCCCCC(=O)ON3C(=O)CCC3=O)CC1)N2CCOCCOC. The smallest absolute Gasteiger partial charge is 0.333 e. The number of hydroxylamine groups is 2. The number of anilines is 2. The summed E-state index contributed by atoms with van der Waals surface area (Å²) in [6, 6.07) is 11.4. The number of methoxy groups -OCH3 is 2. The molecule has 2 saturated heterocycles. The molecule has 0 atom stereocenters. The predicted molar refractivity (Wildman–Crippen MR) is 286 cm³/mol. The lowest BCUT2D eigenvalue weighted by Crippen LogP contribution is -2.34. The van der Waals surface area contributed by atoms with Crippen LogP contribution in [-0.4, -0.2) is 132 Å². The van der Waals surface area contributed by atoms with E-state index < -0.39 is 33.3 Å². The Morgan fingerprint density at radius 3 is 1.73 bits per heavy atom. The average Bonchev–Trinajstić information content (AvgIpc) is 4.08. The maximum Gasteiger partial charge on any atom is 0.333 e. The number of amides is 2. The van der Waals surface area contributed by atoms with Gasteiger partial charge in [0.05, 0.1) is 44.5 Å². The number of allylic oxidation sites excluding steroid dienone is 8. The van der Waals surface area contributed by atoms with Gasteiger partial charge >= 0.3 is 5.97 Å². The molecule has 0 unspecified atom stereocenters. The molecule has 0 spiro atoms. The molecule has 2 amide bonds. The molecule has 2 aromatic carbocycles. The quantitative estimate of drug-likeness (QED) is 0.0402. The van der Waals surface area contributed by atoms with Crippen molar-refractivity contribution in [3.8, 4) is 0 Å². The third-order valence-corrected chi connectivity index (χ3v) is 16.3. The third kappa shape index (κ3) is 13.6. The fraction of sp³-hybridized carbons (Fsp3) is 0.569. The van der Waals surface area contributed by atoms with E-state index in [1.54, 1.807) is 20.3 Å². The van der Waals surface area contributed by atoms with Gasteiger partial charge in [0, 0.05) is 116 Å². The van der Waals surface area contributed by atoms with E-state index in [9.17, 15) is 32.1 Å². The number of benzene rings is 2. The summed E-state index contributed by atoms with van der Waals surface area (Å²) < 4.78 is 61.6. The molecule has 4 aliphatic heterocycles. The minimum atomic E-state index is -4.69. The summed E-state index contributed by atoms with van der Waals surface area (Å²) in [7, 11) is -1.38. The van der Waals surface area contributed by atoms with Gasteiger partial charge < -0.3 is 38.1 Å². The minimum absolute atomic E-state index is 0.0522. The molecule has 0 bridgehead atoms. The van der Waals surface area contributed by atoms with Gasteiger partial charge in [0.2, 0.25) is 5.71 Å². The van der Waals surface area contributed by atoms with Crippen molar-refractivity contribution in [3.05, 3.63) is 99.9 Å². The number of fused-ring (bicyclic) bond motifs is 2. The number of nitrogens with zero attached hydrogens (tertiary/aromatic N) is 4. The lowest BCUT2D eigenvalue weighted by atomic mass is 9.82. The number of ketones is 1. The van der Waals surface area contributed by atoms with Gasteiger partial charge in [-0.3, -0.25) is 14.4 Å². The zero-order valence-corrected chi connectivity index (χ0v) is 46.0. The van der Waals surface area contributed by atoms with Gasteiger partial charge in [0.1, 0.15) is 29.0 Å². The molecule has 0 N–H and O–H groups in total. The van der Waals surface area contributed by atoms with Crippen molar-refractivity contribution in [2.45, 2.75) is 134 Å². The number of unbranched alkanes of at least 4 members (excludes halogenated alkanes) is 3. The van der Waals surface area contributed by atoms with Gasteiger partial charge in [-0.2, -0.15) is 0 Å². The van der Waals surface area contributed by atoms with E-state index in [0.717, 1.165) is 68.3 Å². The number of carbonyl (C=O) groups is 4. The van der Waals surface area contributed by atoms with Gasteiger partial charge in [-0.25, -0.2) is 17.8 Å². The second-order valence-electron chi connectivity index (χ2n) is 21.1. The zero-order chi connectivity index (χ0) is 53.9. The van der Waals surface area contributed by atoms with E-state index in [1.165, 1.54) is 51.5 Å². The summed E-state index contributed by atoms with van der Waals surface area (Å²) >= 11 is 0. The monoisotopic (exact) mass is 1050 g/mol. The number of imide groups is 1. The minimum Gasteiger partial charge on any atom is -0.744 e. The molecule has 1 aliphatic carbocycles. The van der Waals surface area contributed by atoms with Crippen LogP contribution >= 0.6 is 0 Å². The highest BCUT2D eigenvalue weighted by Gasteiger charge is 2.43. The first kappa shape index (κ1) is 57.4.